The van der Waals surface area contributed by atoms with Crippen molar-refractivity contribution in [2.75, 3.05) is 5.32 Å². The van der Waals surface area contributed by atoms with Crippen LogP contribution in [0.1, 0.15) is 44.9 Å². The number of benzene rings is 1. The molecule has 1 heterocycles. The van der Waals surface area contributed by atoms with E-state index in [0.29, 0.717) is 18.0 Å². The molecular formula is C18H21F3N2O4S2. The number of anilines is 1. The first-order valence-corrected chi connectivity index (χ1v) is 11.0. The molecule has 1 aromatic carbocycles. The quantitative estimate of drug-likeness (QED) is 0.672. The molecule has 1 aromatic heterocycles. The lowest BCUT2D eigenvalue weighted by Gasteiger charge is -2.13. The highest BCUT2D eigenvalue weighted by Crippen LogP contribution is 2.35. The maximum Gasteiger partial charge on any atom is 0.416 e. The minimum atomic E-state index is -4.43. The van der Waals surface area contributed by atoms with Gasteiger partial charge in [-0.25, -0.2) is 18.2 Å². The van der Waals surface area contributed by atoms with Gasteiger partial charge in [0, 0.05) is 10.8 Å². The zero-order chi connectivity index (χ0) is 22.0. The van der Waals surface area contributed by atoms with Crippen LogP contribution >= 0.6 is 11.3 Å². The third-order valence-corrected chi connectivity index (χ3v) is 7.00. The Balaban J connectivity index is 0.000000212. The lowest BCUT2D eigenvalue weighted by atomic mass is 9.93. The molecule has 1 aliphatic rings. The molecule has 1 aliphatic carbocycles. The fourth-order valence-corrected chi connectivity index (χ4v) is 4.76. The Morgan fingerprint density at radius 1 is 1.17 bits per heavy atom. The van der Waals surface area contributed by atoms with Crippen LogP contribution in [0.15, 0.2) is 34.5 Å². The van der Waals surface area contributed by atoms with Crippen molar-refractivity contribution in [3.63, 3.8) is 0 Å². The number of rotatable bonds is 3. The average molecular weight is 451 g/mol. The molecule has 0 saturated heterocycles. The first-order chi connectivity index (χ1) is 13.2. The summed E-state index contributed by atoms with van der Waals surface area (Å²) >= 11 is 1.30. The van der Waals surface area contributed by atoms with Gasteiger partial charge in [-0.15, -0.1) is 11.3 Å². The first kappa shape index (κ1) is 23.1. The molecule has 160 valence electrons. The third kappa shape index (κ3) is 6.43. The maximum atomic E-state index is 12.2. The number of halogens is 3. The van der Waals surface area contributed by atoms with Gasteiger partial charge < -0.3 is 5.11 Å². The van der Waals surface area contributed by atoms with Crippen LogP contribution in [-0.4, -0.2) is 29.9 Å². The van der Waals surface area contributed by atoms with Crippen LogP contribution in [0, 0.1) is 0 Å². The largest absolute Gasteiger partial charge is 0.465 e. The Morgan fingerprint density at radius 2 is 1.72 bits per heavy atom. The molecule has 2 N–H and O–H groups in total. The molecule has 0 spiro atoms. The Hall–Kier alpha value is -2.14. The molecule has 2 aromatic rings. The molecule has 1 saturated carbocycles. The van der Waals surface area contributed by atoms with E-state index in [1.165, 1.54) is 11.3 Å². The molecule has 29 heavy (non-hydrogen) atoms. The monoisotopic (exact) mass is 450 g/mol. The zero-order valence-electron chi connectivity index (χ0n) is 15.9. The molecule has 3 rings (SSSR count). The standard InChI is InChI=1S/C10H9F3O2S.C8H12N2O2S/c11-10(12,13)7-1-3-8(4-2-7)16(14,15)9-5-6-9;1-8(2,3)5-4-13-6(9-5)10-7(11)12/h1-4,9H,5-6H2;4H,1-3H3,(H,9,10)(H,11,12). The smallest absolute Gasteiger partial charge is 0.416 e. The van der Waals surface area contributed by atoms with Gasteiger partial charge in [-0.2, -0.15) is 13.2 Å². The second kappa shape index (κ2) is 8.31. The van der Waals surface area contributed by atoms with Crippen LogP contribution in [-0.2, 0) is 21.4 Å². The lowest BCUT2D eigenvalue weighted by Crippen LogP contribution is -2.12. The number of nitrogens with one attached hydrogen (secondary N) is 1. The average Bonchev–Trinajstić information content (AvgIpc) is 3.34. The lowest BCUT2D eigenvalue weighted by molar-refractivity contribution is -0.137. The highest BCUT2D eigenvalue weighted by Gasteiger charge is 2.37. The summed E-state index contributed by atoms with van der Waals surface area (Å²) in [7, 11) is -3.40. The van der Waals surface area contributed by atoms with Crippen molar-refractivity contribution in [1.82, 2.24) is 4.98 Å². The van der Waals surface area contributed by atoms with E-state index < -0.39 is 32.9 Å². The van der Waals surface area contributed by atoms with E-state index in [9.17, 15) is 26.4 Å². The van der Waals surface area contributed by atoms with Crippen molar-refractivity contribution >= 4 is 32.4 Å². The van der Waals surface area contributed by atoms with Gasteiger partial charge in [0.15, 0.2) is 15.0 Å². The van der Waals surface area contributed by atoms with E-state index in [-0.39, 0.29) is 10.3 Å². The molecule has 0 atom stereocenters. The number of carbonyl (C=O) groups is 1. The number of thiazole rings is 1. The second-order valence-corrected chi connectivity index (χ2v) is 10.6. The Bertz CT molecular complexity index is 958. The number of hydrogen-bond donors (Lipinski definition) is 2. The normalized spacial score (nSPS) is 14.7. The van der Waals surface area contributed by atoms with Gasteiger partial charge in [0.1, 0.15) is 0 Å². The van der Waals surface area contributed by atoms with Crippen molar-refractivity contribution in [2.45, 2.75) is 55.3 Å². The molecule has 6 nitrogen and oxygen atoms in total. The highest BCUT2D eigenvalue weighted by atomic mass is 32.2. The minimum Gasteiger partial charge on any atom is -0.465 e. The van der Waals surface area contributed by atoms with Gasteiger partial charge in [-0.3, -0.25) is 5.32 Å². The summed E-state index contributed by atoms with van der Waals surface area (Å²) in [4.78, 5) is 14.4. The van der Waals surface area contributed by atoms with Crippen LogP contribution in [0.2, 0.25) is 0 Å². The van der Waals surface area contributed by atoms with Crippen molar-refractivity contribution < 1.29 is 31.5 Å². The summed E-state index contributed by atoms with van der Waals surface area (Å²) in [6.07, 6.45) is -4.30. The molecule has 0 aliphatic heterocycles. The van der Waals surface area contributed by atoms with Crippen molar-refractivity contribution in [2.24, 2.45) is 0 Å². The number of nitrogens with zero attached hydrogens (tertiary/aromatic N) is 1. The Morgan fingerprint density at radius 3 is 2.10 bits per heavy atom. The summed E-state index contributed by atoms with van der Waals surface area (Å²) in [6, 6.07) is 3.65. The number of sulfone groups is 1. The molecule has 11 heteroatoms. The second-order valence-electron chi connectivity index (χ2n) is 7.48. The van der Waals surface area contributed by atoms with E-state index in [0.717, 1.165) is 30.0 Å². The van der Waals surface area contributed by atoms with Crippen LogP contribution in [0.25, 0.3) is 0 Å². The first-order valence-electron chi connectivity index (χ1n) is 8.58. The molecule has 1 amide bonds. The molecule has 1 fully saturated rings. The van der Waals surface area contributed by atoms with Crippen molar-refractivity contribution in [3.8, 4) is 0 Å². The summed E-state index contributed by atoms with van der Waals surface area (Å²) in [5.41, 5.74) is 0.0399. The van der Waals surface area contributed by atoms with E-state index in [1.54, 1.807) is 0 Å². The minimum absolute atomic E-state index is 0.0250. The predicted molar refractivity (Wildman–Crippen MR) is 104 cm³/mol. The van der Waals surface area contributed by atoms with Gasteiger partial charge >= 0.3 is 12.3 Å². The number of alkyl halides is 3. The summed E-state index contributed by atoms with van der Waals surface area (Å²) in [5.74, 6) is 0. The maximum absolute atomic E-state index is 12.2. The summed E-state index contributed by atoms with van der Waals surface area (Å²) in [5, 5.41) is 12.6. The fraction of sp³-hybridized carbons (Fsp3) is 0.444. The van der Waals surface area contributed by atoms with Crippen LogP contribution in [0.4, 0.5) is 23.1 Å². The van der Waals surface area contributed by atoms with Gasteiger partial charge in [0.05, 0.1) is 21.4 Å². The van der Waals surface area contributed by atoms with Crippen molar-refractivity contribution in [1.29, 1.82) is 0 Å². The SMILES string of the molecule is CC(C)(C)c1csc(NC(=O)O)n1.O=S(=O)(c1ccc(C(F)(F)F)cc1)C1CC1. The highest BCUT2D eigenvalue weighted by molar-refractivity contribution is 7.92. The fourth-order valence-electron chi connectivity index (χ4n) is 2.17. The summed E-state index contributed by atoms with van der Waals surface area (Å²) in [6.45, 7) is 6.10. The van der Waals surface area contributed by atoms with E-state index >= 15 is 0 Å². The van der Waals surface area contributed by atoms with Crippen LogP contribution in [0.5, 0.6) is 0 Å². The van der Waals surface area contributed by atoms with Gasteiger partial charge in [0.2, 0.25) is 0 Å². The molecule has 0 radical (unpaired) electrons. The van der Waals surface area contributed by atoms with E-state index in [2.05, 4.69) is 10.3 Å². The van der Waals surface area contributed by atoms with E-state index in [4.69, 9.17) is 5.11 Å². The summed E-state index contributed by atoms with van der Waals surface area (Å²) < 4.78 is 60.1. The molecular weight excluding hydrogens is 429 g/mol. The number of amides is 1. The number of carboxylic acid groups (broad SMARTS) is 1. The Kier molecular flexibility index (Phi) is 6.63. The van der Waals surface area contributed by atoms with Gasteiger partial charge in [0.25, 0.3) is 0 Å². The topological polar surface area (TPSA) is 96.4 Å². The van der Waals surface area contributed by atoms with Crippen LogP contribution in [0.3, 0.4) is 0 Å². The van der Waals surface area contributed by atoms with Crippen LogP contribution < -0.4 is 5.32 Å². The van der Waals surface area contributed by atoms with E-state index in [1.807, 2.05) is 26.2 Å². The Labute approximate surface area is 170 Å². The van der Waals surface area contributed by atoms with Crippen molar-refractivity contribution in [3.05, 3.63) is 40.9 Å². The predicted octanol–water partition coefficient (Wildman–Crippen LogP) is 5.17. The number of hydrogen-bond acceptors (Lipinski definition) is 5. The third-order valence-electron chi connectivity index (χ3n) is 3.96. The number of aromatic nitrogens is 1. The van der Waals surface area contributed by atoms with Gasteiger partial charge in [-0.05, 0) is 37.1 Å². The molecule has 0 unspecified atom stereocenters. The molecule has 0 bridgehead atoms. The zero-order valence-corrected chi connectivity index (χ0v) is 17.6. The van der Waals surface area contributed by atoms with Gasteiger partial charge in [-0.1, -0.05) is 20.8 Å².